The highest BCUT2D eigenvalue weighted by atomic mass is 35.5. The van der Waals surface area contributed by atoms with Gasteiger partial charge < -0.3 is 10.1 Å². The van der Waals surface area contributed by atoms with Crippen molar-refractivity contribution >= 4 is 50.5 Å². The van der Waals surface area contributed by atoms with Gasteiger partial charge in [-0.3, -0.25) is 9.52 Å². The molecule has 3 rings (SSSR count). The molecule has 0 spiro atoms. The number of hydrogen-bond donors (Lipinski definition) is 2. The van der Waals surface area contributed by atoms with Crippen molar-refractivity contribution in [3.05, 3.63) is 81.8 Å². The van der Waals surface area contributed by atoms with Gasteiger partial charge in [-0.2, -0.15) is 0 Å². The number of benzene rings is 3. The third kappa shape index (κ3) is 5.91. The van der Waals surface area contributed by atoms with Gasteiger partial charge in [0.2, 0.25) is 0 Å². The summed E-state index contributed by atoms with van der Waals surface area (Å²) in [7, 11) is -3.77. The highest BCUT2D eigenvalue weighted by molar-refractivity contribution is 7.92. The molecule has 0 atom stereocenters. The van der Waals surface area contributed by atoms with Gasteiger partial charge in [0.15, 0.2) is 6.61 Å². The Hall–Kier alpha value is -2.74. The molecule has 2 N–H and O–H groups in total. The first-order valence-corrected chi connectivity index (χ1v) is 11.5. The van der Waals surface area contributed by atoms with E-state index in [9.17, 15) is 13.2 Å². The summed E-state index contributed by atoms with van der Waals surface area (Å²) in [5.74, 6) is -0.116. The molecule has 1 amide bonds. The normalized spacial score (nSPS) is 11.1. The van der Waals surface area contributed by atoms with E-state index < -0.39 is 15.9 Å². The summed E-state index contributed by atoms with van der Waals surface area (Å²) in [6.45, 7) is 3.42. The highest BCUT2D eigenvalue weighted by Gasteiger charge is 2.16. The number of ether oxygens (including phenoxy) is 1. The Kier molecular flexibility index (Phi) is 7.10. The van der Waals surface area contributed by atoms with Gasteiger partial charge in [0.1, 0.15) is 5.75 Å². The topological polar surface area (TPSA) is 84.5 Å². The summed E-state index contributed by atoms with van der Waals surface area (Å²) in [5, 5.41) is 3.21. The van der Waals surface area contributed by atoms with Crippen LogP contribution in [0, 0.1) is 13.8 Å². The smallest absolute Gasteiger partial charge is 0.262 e. The molecule has 3 aromatic rings. The summed E-state index contributed by atoms with van der Waals surface area (Å²) >= 11 is 12.0. The van der Waals surface area contributed by atoms with Gasteiger partial charge >= 0.3 is 0 Å². The third-order valence-electron chi connectivity index (χ3n) is 4.37. The molecule has 0 unspecified atom stereocenters. The van der Waals surface area contributed by atoms with E-state index in [0.717, 1.165) is 11.1 Å². The summed E-state index contributed by atoms with van der Waals surface area (Å²) in [4.78, 5) is 12.2. The Morgan fingerprint density at radius 3 is 2.26 bits per heavy atom. The van der Waals surface area contributed by atoms with Gasteiger partial charge in [-0.15, -0.1) is 0 Å². The minimum absolute atomic E-state index is 0.0769. The number of rotatable bonds is 7. The van der Waals surface area contributed by atoms with Crippen LogP contribution < -0.4 is 14.8 Å². The number of carbonyl (C=O) groups is 1. The molecule has 0 fully saturated rings. The van der Waals surface area contributed by atoms with Crippen molar-refractivity contribution in [3.63, 3.8) is 0 Å². The molecule has 162 valence electrons. The molecule has 0 aliphatic rings. The Bertz CT molecular complexity index is 1190. The van der Waals surface area contributed by atoms with Crippen LogP contribution in [0.1, 0.15) is 11.1 Å². The van der Waals surface area contributed by atoms with E-state index in [-0.39, 0.29) is 11.5 Å². The maximum absolute atomic E-state index is 12.7. The Morgan fingerprint density at radius 2 is 1.61 bits per heavy atom. The monoisotopic (exact) mass is 478 g/mol. The number of carbonyl (C=O) groups excluding carboxylic acids is 1. The Balaban J connectivity index is 1.63. The molecule has 0 aliphatic carbocycles. The van der Waals surface area contributed by atoms with Crippen molar-refractivity contribution in [1.29, 1.82) is 0 Å². The molecular formula is C22H20Cl2N2O4S. The molecule has 9 heteroatoms. The SMILES string of the molecule is Cc1ccc(C)c(NS(=O)(=O)c2ccc(OCC(=O)Nc3c(Cl)cccc3Cl)cc2)c1. The van der Waals surface area contributed by atoms with Crippen molar-refractivity contribution in [2.24, 2.45) is 0 Å². The number of amides is 1. The van der Waals surface area contributed by atoms with Gasteiger partial charge in [0, 0.05) is 0 Å². The summed E-state index contributed by atoms with van der Waals surface area (Å²) in [6, 6.07) is 16.2. The molecular weight excluding hydrogens is 459 g/mol. The van der Waals surface area contributed by atoms with Crippen LogP contribution in [-0.2, 0) is 14.8 Å². The highest BCUT2D eigenvalue weighted by Crippen LogP contribution is 2.29. The van der Waals surface area contributed by atoms with Crippen LogP contribution in [0.5, 0.6) is 5.75 Å². The quantitative estimate of drug-likeness (QED) is 0.474. The first-order valence-electron chi connectivity index (χ1n) is 9.22. The first kappa shape index (κ1) is 22.9. The summed E-state index contributed by atoms with van der Waals surface area (Å²) < 4.78 is 33.4. The van der Waals surface area contributed by atoms with Crippen molar-refractivity contribution < 1.29 is 17.9 Å². The van der Waals surface area contributed by atoms with Crippen LogP contribution in [0.2, 0.25) is 10.0 Å². The number of nitrogens with one attached hydrogen (secondary N) is 2. The lowest BCUT2D eigenvalue weighted by atomic mass is 10.1. The fourth-order valence-electron chi connectivity index (χ4n) is 2.71. The van der Waals surface area contributed by atoms with Gasteiger partial charge in [-0.05, 0) is 67.4 Å². The zero-order valence-electron chi connectivity index (χ0n) is 16.8. The fourth-order valence-corrected chi connectivity index (χ4v) is 4.32. The van der Waals surface area contributed by atoms with Crippen LogP contribution in [-0.4, -0.2) is 20.9 Å². The van der Waals surface area contributed by atoms with E-state index in [0.29, 0.717) is 27.2 Å². The van der Waals surface area contributed by atoms with Crippen molar-refractivity contribution in [1.82, 2.24) is 0 Å². The van der Waals surface area contributed by atoms with E-state index in [1.165, 1.54) is 24.3 Å². The Labute approximate surface area is 191 Å². The second-order valence-electron chi connectivity index (χ2n) is 6.83. The predicted octanol–water partition coefficient (Wildman–Crippen LogP) is 5.43. The Morgan fingerprint density at radius 1 is 0.968 bits per heavy atom. The van der Waals surface area contributed by atoms with E-state index >= 15 is 0 Å². The standard InChI is InChI=1S/C22H20Cl2N2O4S/c1-14-6-7-15(2)20(12-14)26-31(28,29)17-10-8-16(9-11-17)30-13-21(27)25-22-18(23)4-3-5-19(22)24/h3-12,26H,13H2,1-2H3,(H,25,27). The van der Waals surface area contributed by atoms with E-state index in [2.05, 4.69) is 10.0 Å². The van der Waals surface area contributed by atoms with Gasteiger partial charge in [-0.1, -0.05) is 41.4 Å². The lowest BCUT2D eigenvalue weighted by Crippen LogP contribution is -2.20. The maximum Gasteiger partial charge on any atom is 0.262 e. The zero-order valence-corrected chi connectivity index (χ0v) is 19.1. The number of halogens is 2. The van der Waals surface area contributed by atoms with Crippen molar-refractivity contribution in [3.8, 4) is 5.75 Å². The van der Waals surface area contributed by atoms with Crippen LogP contribution in [0.15, 0.2) is 65.6 Å². The van der Waals surface area contributed by atoms with Crippen LogP contribution in [0.3, 0.4) is 0 Å². The van der Waals surface area contributed by atoms with E-state index in [1.807, 2.05) is 26.0 Å². The number of sulfonamides is 1. The molecule has 31 heavy (non-hydrogen) atoms. The van der Waals surface area contributed by atoms with E-state index in [1.54, 1.807) is 24.3 Å². The maximum atomic E-state index is 12.7. The van der Waals surface area contributed by atoms with Crippen LogP contribution >= 0.6 is 23.2 Å². The number of anilines is 2. The lowest BCUT2D eigenvalue weighted by molar-refractivity contribution is -0.118. The van der Waals surface area contributed by atoms with E-state index in [4.69, 9.17) is 27.9 Å². The van der Waals surface area contributed by atoms with Crippen LogP contribution in [0.25, 0.3) is 0 Å². The molecule has 0 saturated carbocycles. The molecule has 0 aromatic heterocycles. The summed E-state index contributed by atoms with van der Waals surface area (Å²) in [5.41, 5.74) is 2.59. The minimum Gasteiger partial charge on any atom is -0.484 e. The first-order chi connectivity index (χ1) is 14.7. The number of hydrogen-bond acceptors (Lipinski definition) is 4. The minimum atomic E-state index is -3.77. The molecule has 0 heterocycles. The van der Waals surface area contributed by atoms with Gasteiger partial charge in [0.25, 0.3) is 15.9 Å². The van der Waals surface area contributed by atoms with Gasteiger partial charge in [0.05, 0.1) is 26.3 Å². The van der Waals surface area contributed by atoms with Crippen molar-refractivity contribution in [2.75, 3.05) is 16.6 Å². The lowest BCUT2D eigenvalue weighted by Gasteiger charge is -2.12. The molecule has 3 aromatic carbocycles. The molecule has 6 nitrogen and oxygen atoms in total. The summed E-state index contributed by atoms with van der Waals surface area (Å²) in [6.07, 6.45) is 0. The number of aryl methyl sites for hydroxylation is 2. The third-order valence-corrected chi connectivity index (χ3v) is 6.38. The second kappa shape index (κ2) is 9.60. The second-order valence-corrected chi connectivity index (χ2v) is 9.33. The van der Waals surface area contributed by atoms with Gasteiger partial charge in [-0.25, -0.2) is 8.42 Å². The molecule has 0 saturated heterocycles. The zero-order chi connectivity index (χ0) is 22.6. The average Bonchev–Trinajstić information content (AvgIpc) is 2.72. The van der Waals surface area contributed by atoms with Crippen molar-refractivity contribution in [2.45, 2.75) is 18.7 Å². The largest absolute Gasteiger partial charge is 0.484 e. The molecule has 0 aliphatic heterocycles. The fraction of sp³-hybridized carbons (Fsp3) is 0.136. The predicted molar refractivity (Wildman–Crippen MR) is 124 cm³/mol. The number of para-hydroxylation sites is 1. The molecule has 0 radical (unpaired) electrons. The van der Waals surface area contributed by atoms with Crippen LogP contribution in [0.4, 0.5) is 11.4 Å². The molecule has 0 bridgehead atoms. The average molecular weight is 479 g/mol.